The fourth-order valence-corrected chi connectivity index (χ4v) is 2.58. The van der Waals surface area contributed by atoms with Crippen molar-refractivity contribution in [1.29, 1.82) is 0 Å². The molecule has 0 bridgehead atoms. The lowest BCUT2D eigenvalue weighted by atomic mass is 9.86. The number of carbonyl (C=O) groups is 1. The molecule has 3 rings (SSSR count). The van der Waals surface area contributed by atoms with E-state index in [9.17, 15) is 4.79 Å². The minimum atomic E-state index is -0.475. The number of likely N-dealkylation sites (N-methyl/N-ethyl adjacent to an activating group) is 1. The number of hydrogen-bond acceptors (Lipinski definition) is 3. The molecule has 2 aromatic rings. The quantitative estimate of drug-likeness (QED) is 0.710. The molecule has 4 nitrogen and oxygen atoms in total. The van der Waals surface area contributed by atoms with E-state index in [1.54, 1.807) is 4.90 Å². The van der Waals surface area contributed by atoms with Crippen LogP contribution in [0.25, 0.3) is 10.9 Å². The molecule has 0 radical (unpaired) electrons. The molecular formula is C14H15N3O. The SMILES string of the molecule is Cc1ncc2cc3c(cc2n1)C(C)(C)C(=O)N3C. The van der Waals surface area contributed by atoms with Gasteiger partial charge in [0.25, 0.3) is 0 Å². The molecule has 0 atom stereocenters. The van der Waals surface area contributed by atoms with Crippen LogP contribution in [0.2, 0.25) is 0 Å². The predicted molar refractivity (Wildman–Crippen MR) is 70.7 cm³/mol. The Morgan fingerprint density at radius 1 is 1.28 bits per heavy atom. The van der Waals surface area contributed by atoms with Gasteiger partial charge in [-0.25, -0.2) is 9.97 Å². The van der Waals surface area contributed by atoms with Crippen LogP contribution in [0.15, 0.2) is 18.3 Å². The normalized spacial score (nSPS) is 17.3. The van der Waals surface area contributed by atoms with Crippen LogP contribution < -0.4 is 4.90 Å². The van der Waals surface area contributed by atoms with Crippen LogP contribution in [0.5, 0.6) is 0 Å². The molecular weight excluding hydrogens is 226 g/mol. The molecule has 0 saturated heterocycles. The van der Waals surface area contributed by atoms with Crippen molar-refractivity contribution in [2.24, 2.45) is 0 Å². The van der Waals surface area contributed by atoms with Gasteiger partial charge in [0.15, 0.2) is 0 Å². The van der Waals surface area contributed by atoms with Gasteiger partial charge >= 0.3 is 0 Å². The Bertz CT molecular complexity index is 676. The van der Waals surface area contributed by atoms with E-state index in [2.05, 4.69) is 9.97 Å². The molecule has 18 heavy (non-hydrogen) atoms. The number of rotatable bonds is 0. The van der Waals surface area contributed by atoms with Gasteiger partial charge in [0.1, 0.15) is 5.82 Å². The molecule has 1 aromatic carbocycles. The first-order valence-corrected chi connectivity index (χ1v) is 5.97. The van der Waals surface area contributed by atoms with Crippen LogP contribution in [0, 0.1) is 6.92 Å². The van der Waals surface area contributed by atoms with Crippen molar-refractivity contribution < 1.29 is 4.79 Å². The standard InChI is InChI=1S/C14H15N3O/c1-8-15-7-9-5-12-10(6-11(9)16-8)14(2,3)13(18)17(12)4/h5-7H,1-4H3. The zero-order valence-electron chi connectivity index (χ0n) is 11.0. The summed E-state index contributed by atoms with van der Waals surface area (Å²) in [5.74, 6) is 0.871. The molecule has 1 aliphatic heterocycles. The predicted octanol–water partition coefficient (Wildman–Crippen LogP) is 2.19. The Balaban J connectivity index is 2.36. The lowest BCUT2D eigenvalue weighted by Gasteiger charge is -2.16. The second-order valence-corrected chi connectivity index (χ2v) is 5.33. The topological polar surface area (TPSA) is 46.1 Å². The van der Waals surface area contributed by atoms with E-state index in [1.165, 1.54) is 0 Å². The highest BCUT2D eigenvalue weighted by atomic mass is 16.2. The van der Waals surface area contributed by atoms with Gasteiger partial charge in [0, 0.05) is 24.3 Å². The van der Waals surface area contributed by atoms with Crippen LogP contribution >= 0.6 is 0 Å². The zero-order valence-corrected chi connectivity index (χ0v) is 11.0. The summed E-state index contributed by atoms with van der Waals surface area (Å²) in [7, 11) is 1.82. The molecule has 0 aliphatic carbocycles. The minimum Gasteiger partial charge on any atom is -0.314 e. The summed E-state index contributed by atoms with van der Waals surface area (Å²) in [6.45, 7) is 5.78. The minimum absolute atomic E-state index is 0.123. The first-order chi connectivity index (χ1) is 8.41. The molecule has 2 heterocycles. The summed E-state index contributed by atoms with van der Waals surface area (Å²) in [5.41, 5.74) is 2.43. The van der Waals surface area contributed by atoms with E-state index in [0.717, 1.165) is 28.0 Å². The van der Waals surface area contributed by atoms with Gasteiger partial charge in [0.2, 0.25) is 5.91 Å². The van der Waals surface area contributed by atoms with Crippen molar-refractivity contribution in [3.63, 3.8) is 0 Å². The highest BCUT2D eigenvalue weighted by Crippen LogP contribution is 2.42. The van der Waals surface area contributed by atoms with Crippen LogP contribution in [-0.2, 0) is 10.2 Å². The van der Waals surface area contributed by atoms with E-state index in [0.29, 0.717) is 0 Å². The number of fused-ring (bicyclic) bond motifs is 2. The summed E-state index contributed by atoms with van der Waals surface area (Å²) in [5, 5.41) is 0.969. The Labute approximate surface area is 106 Å². The van der Waals surface area contributed by atoms with E-state index in [1.807, 2.05) is 46.1 Å². The Hall–Kier alpha value is -1.97. The lowest BCUT2D eigenvalue weighted by Crippen LogP contribution is -2.33. The van der Waals surface area contributed by atoms with Gasteiger partial charge in [-0.3, -0.25) is 4.79 Å². The maximum atomic E-state index is 12.2. The molecule has 92 valence electrons. The van der Waals surface area contributed by atoms with Gasteiger partial charge in [-0.2, -0.15) is 0 Å². The summed E-state index contributed by atoms with van der Waals surface area (Å²) >= 11 is 0. The van der Waals surface area contributed by atoms with E-state index in [4.69, 9.17) is 0 Å². The van der Waals surface area contributed by atoms with Crippen molar-refractivity contribution in [1.82, 2.24) is 9.97 Å². The molecule has 0 fully saturated rings. The summed E-state index contributed by atoms with van der Waals surface area (Å²) < 4.78 is 0. The van der Waals surface area contributed by atoms with Gasteiger partial charge < -0.3 is 4.90 Å². The molecule has 4 heteroatoms. The fraction of sp³-hybridized carbons (Fsp3) is 0.357. The van der Waals surface area contributed by atoms with Crippen molar-refractivity contribution in [2.45, 2.75) is 26.2 Å². The second-order valence-electron chi connectivity index (χ2n) is 5.33. The molecule has 0 N–H and O–H groups in total. The van der Waals surface area contributed by atoms with Crippen LogP contribution in [0.4, 0.5) is 5.69 Å². The Kier molecular flexibility index (Phi) is 2.03. The number of hydrogen-bond donors (Lipinski definition) is 0. The zero-order chi connectivity index (χ0) is 13.1. The van der Waals surface area contributed by atoms with Crippen LogP contribution in [0.1, 0.15) is 25.2 Å². The number of amides is 1. The number of aryl methyl sites for hydroxylation is 1. The molecule has 1 aromatic heterocycles. The van der Waals surface area contributed by atoms with Crippen molar-refractivity contribution in [3.8, 4) is 0 Å². The van der Waals surface area contributed by atoms with E-state index < -0.39 is 5.41 Å². The summed E-state index contributed by atoms with van der Waals surface area (Å²) in [4.78, 5) is 22.6. The number of anilines is 1. The number of benzene rings is 1. The summed E-state index contributed by atoms with van der Waals surface area (Å²) in [6, 6.07) is 4.01. The monoisotopic (exact) mass is 241 g/mol. The highest BCUT2D eigenvalue weighted by molar-refractivity contribution is 6.09. The van der Waals surface area contributed by atoms with Gasteiger partial charge in [0.05, 0.1) is 10.9 Å². The molecule has 0 saturated carbocycles. The van der Waals surface area contributed by atoms with Crippen LogP contribution in [-0.4, -0.2) is 22.9 Å². The van der Waals surface area contributed by atoms with Crippen molar-refractivity contribution in [3.05, 3.63) is 29.7 Å². The highest BCUT2D eigenvalue weighted by Gasteiger charge is 2.42. The Morgan fingerprint density at radius 3 is 2.72 bits per heavy atom. The molecule has 0 unspecified atom stereocenters. The third kappa shape index (κ3) is 1.29. The van der Waals surface area contributed by atoms with Crippen molar-refractivity contribution in [2.75, 3.05) is 11.9 Å². The smallest absolute Gasteiger partial charge is 0.236 e. The van der Waals surface area contributed by atoms with Crippen molar-refractivity contribution >= 4 is 22.5 Å². The Morgan fingerprint density at radius 2 is 2.00 bits per heavy atom. The largest absolute Gasteiger partial charge is 0.314 e. The van der Waals surface area contributed by atoms with E-state index >= 15 is 0 Å². The third-order valence-electron chi connectivity index (χ3n) is 3.69. The van der Waals surface area contributed by atoms with Gasteiger partial charge in [-0.15, -0.1) is 0 Å². The summed E-state index contributed by atoms with van der Waals surface area (Å²) in [6.07, 6.45) is 1.81. The van der Waals surface area contributed by atoms with E-state index in [-0.39, 0.29) is 5.91 Å². The third-order valence-corrected chi connectivity index (χ3v) is 3.69. The average molecular weight is 241 g/mol. The molecule has 1 aliphatic rings. The molecule has 1 amide bonds. The maximum absolute atomic E-state index is 12.2. The number of nitrogens with zero attached hydrogens (tertiary/aromatic N) is 3. The second kappa shape index (κ2) is 3.28. The first kappa shape index (κ1) is 11.1. The first-order valence-electron chi connectivity index (χ1n) is 5.97. The number of aromatic nitrogens is 2. The lowest BCUT2D eigenvalue weighted by molar-refractivity contribution is -0.121. The fourth-order valence-electron chi connectivity index (χ4n) is 2.58. The average Bonchev–Trinajstić information content (AvgIpc) is 2.49. The van der Waals surface area contributed by atoms with Crippen LogP contribution in [0.3, 0.4) is 0 Å². The number of carbonyl (C=O) groups excluding carboxylic acids is 1. The maximum Gasteiger partial charge on any atom is 0.236 e. The van der Waals surface area contributed by atoms with Gasteiger partial charge in [-0.05, 0) is 38.5 Å². The van der Waals surface area contributed by atoms with Gasteiger partial charge in [-0.1, -0.05) is 0 Å². The molecule has 0 spiro atoms.